The van der Waals surface area contributed by atoms with Gasteiger partial charge in [0, 0.05) is 24.4 Å². The van der Waals surface area contributed by atoms with Gasteiger partial charge in [-0.3, -0.25) is 4.79 Å². The number of alkyl halides is 2. The van der Waals surface area contributed by atoms with Crippen molar-refractivity contribution in [3.8, 4) is 0 Å². The second-order valence-electron chi connectivity index (χ2n) is 6.87. The molecule has 4 heteroatoms. The molecule has 2 nitrogen and oxygen atoms in total. The molecule has 4 rings (SSSR count). The molecule has 1 amide bonds. The minimum atomic E-state index is -2.50. The zero-order chi connectivity index (χ0) is 15.4. The van der Waals surface area contributed by atoms with Gasteiger partial charge in [-0.15, -0.1) is 0 Å². The summed E-state index contributed by atoms with van der Waals surface area (Å²) in [4.78, 5) is 12.2. The van der Waals surface area contributed by atoms with Crippen LogP contribution in [0.15, 0.2) is 42.5 Å². The number of rotatable bonds is 2. The van der Waals surface area contributed by atoms with E-state index in [4.69, 9.17) is 0 Å². The number of carbonyl (C=O) groups excluding carboxylic acids is 1. The highest BCUT2D eigenvalue weighted by atomic mass is 19.3. The average Bonchev–Trinajstić information content (AvgIpc) is 2.41. The van der Waals surface area contributed by atoms with E-state index >= 15 is 0 Å². The van der Waals surface area contributed by atoms with Crippen LogP contribution in [0.25, 0.3) is 10.8 Å². The van der Waals surface area contributed by atoms with Gasteiger partial charge in [0.1, 0.15) is 0 Å². The van der Waals surface area contributed by atoms with Gasteiger partial charge in [0.2, 0.25) is 11.8 Å². The number of benzene rings is 2. The predicted octanol–water partition coefficient (Wildman–Crippen LogP) is 4.60. The van der Waals surface area contributed by atoms with E-state index in [0.29, 0.717) is 12.8 Å². The highest BCUT2D eigenvalue weighted by Gasteiger charge is 2.62. The minimum Gasteiger partial charge on any atom is -0.326 e. The standard InChI is InChI=1S/C18H17F2NO/c19-18(20)10-17(11-18)8-14(9-17)16(22)21-15-6-5-12-3-1-2-4-13(12)7-15/h1-7,14H,8-11H2,(H,21,22). The van der Waals surface area contributed by atoms with Crippen LogP contribution in [0, 0.1) is 11.3 Å². The molecule has 1 N–H and O–H groups in total. The van der Waals surface area contributed by atoms with E-state index in [1.807, 2.05) is 42.5 Å². The van der Waals surface area contributed by atoms with Crippen molar-refractivity contribution in [3.63, 3.8) is 0 Å². The molecule has 0 bridgehead atoms. The molecule has 0 heterocycles. The van der Waals surface area contributed by atoms with E-state index in [-0.39, 0.29) is 30.1 Å². The molecule has 114 valence electrons. The fraction of sp³-hybridized carbons (Fsp3) is 0.389. The number of nitrogens with one attached hydrogen (secondary N) is 1. The first-order valence-corrected chi connectivity index (χ1v) is 7.62. The van der Waals surface area contributed by atoms with Gasteiger partial charge < -0.3 is 5.32 Å². The zero-order valence-corrected chi connectivity index (χ0v) is 12.1. The van der Waals surface area contributed by atoms with Crippen molar-refractivity contribution in [3.05, 3.63) is 42.5 Å². The Morgan fingerprint density at radius 1 is 1.05 bits per heavy atom. The van der Waals surface area contributed by atoms with Gasteiger partial charge >= 0.3 is 0 Å². The van der Waals surface area contributed by atoms with Crippen LogP contribution in [0.4, 0.5) is 14.5 Å². The molecular formula is C18H17F2NO. The third-order valence-electron chi connectivity index (χ3n) is 5.01. The molecule has 2 saturated carbocycles. The lowest BCUT2D eigenvalue weighted by Gasteiger charge is -2.56. The SMILES string of the molecule is O=C(Nc1ccc2ccccc2c1)C1CC2(C1)CC(F)(F)C2. The zero-order valence-electron chi connectivity index (χ0n) is 12.1. The summed E-state index contributed by atoms with van der Waals surface area (Å²) in [6.07, 6.45) is 1.11. The van der Waals surface area contributed by atoms with Crippen LogP contribution in [0.1, 0.15) is 25.7 Å². The van der Waals surface area contributed by atoms with Gasteiger partial charge in [-0.1, -0.05) is 30.3 Å². The first-order valence-electron chi connectivity index (χ1n) is 7.62. The van der Waals surface area contributed by atoms with Crippen LogP contribution in [-0.2, 0) is 4.79 Å². The van der Waals surface area contributed by atoms with Crippen LogP contribution in [0.5, 0.6) is 0 Å². The van der Waals surface area contributed by atoms with E-state index in [2.05, 4.69) is 5.32 Å². The third kappa shape index (κ3) is 2.27. The average molecular weight is 301 g/mol. The van der Waals surface area contributed by atoms with Crippen LogP contribution in [-0.4, -0.2) is 11.8 Å². The normalized spacial score (nSPS) is 22.1. The second kappa shape index (κ2) is 4.51. The lowest BCUT2D eigenvalue weighted by atomic mass is 9.50. The van der Waals surface area contributed by atoms with Crippen LogP contribution in [0.3, 0.4) is 0 Å². The van der Waals surface area contributed by atoms with Crippen molar-refractivity contribution in [2.75, 3.05) is 5.32 Å². The van der Waals surface area contributed by atoms with Crippen molar-refractivity contribution in [2.24, 2.45) is 11.3 Å². The van der Waals surface area contributed by atoms with Crippen molar-refractivity contribution < 1.29 is 13.6 Å². The van der Waals surface area contributed by atoms with Gasteiger partial charge in [-0.05, 0) is 41.2 Å². The molecule has 2 fully saturated rings. The highest BCUT2D eigenvalue weighted by molar-refractivity contribution is 5.96. The molecule has 0 radical (unpaired) electrons. The van der Waals surface area contributed by atoms with Crippen molar-refractivity contribution >= 4 is 22.4 Å². The van der Waals surface area contributed by atoms with E-state index in [9.17, 15) is 13.6 Å². The predicted molar refractivity (Wildman–Crippen MR) is 81.9 cm³/mol. The fourth-order valence-corrected chi connectivity index (χ4v) is 4.02. The van der Waals surface area contributed by atoms with Crippen molar-refractivity contribution in [1.29, 1.82) is 0 Å². The van der Waals surface area contributed by atoms with Crippen LogP contribution >= 0.6 is 0 Å². The van der Waals surface area contributed by atoms with E-state index in [1.54, 1.807) is 0 Å². The van der Waals surface area contributed by atoms with Crippen molar-refractivity contribution in [1.82, 2.24) is 0 Å². The summed E-state index contributed by atoms with van der Waals surface area (Å²) < 4.78 is 26.0. The molecule has 22 heavy (non-hydrogen) atoms. The summed E-state index contributed by atoms with van der Waals surface area (Å²) in [5, 5.41) is 5.11. The molecule has 0 aliphatic heterocycles. The number of fused-ring (bicyclic) bond motifs is 1. The lowest BCUT2D eigenvalue weighted by molar-refractivity contribution is -0.206. The monoisotopic (exact) mass is 301 g/mol. The fourth-order valence-electron chi connectivity index (χ4n) is 4.02. The summed E-state index contributed by atoms with van der Waals surface area (Å²) >= 11 is 0. The van der Waals surface area contributed by atoms with Gasteiger partial charge in [0.25, 0.3) is 0 Å². The Labute approximate surface area is 127 Å². The van der Waals surface area contributed by atoms with E-state index in [0.717, 1.165) is 16.5 Å². The number of hydrogen-bond acceptors (Lipinski definition) is 1. The van der Waals surface area contributed by atoms with Gasteiger partial charge in [-0.2, -0.15) is 0 Å². The Balaban J connectivity index is 1.40. The second-order valence-corrected chi connectivity index (χ2v) is 6.87. The highest BCUT2D eigenvalue weighted by Crippen LogP contribution is 2.64. The number of anilines is 1. The summed E-state index contributed by atoms with van der Waals surface area (Å²) in [6, 6.07) is 13.8. The van der Waals surface area contributed by atoms with Gasteiger partial charge in [-0.25, -0.2) is 8.78 Å². The molecule has 2 aliphatic rings. The largest absolute Gasteiger partial charge is 0.326 e. The Kier molecular flexibility index (Phi) is 2.80. The molecule has 1 spiro atoms. The summed E-state index contributed by atoms with van der Waals surface area (Å²) in [6.45, 7) is 0. The third-order valence-corrected chi connectivity index (χ3v) is 5.01. The van der Waals surface area contributed by atoms with Crippen LogP contribution < -0.4 is 5.32 Å². The minimum absolute atomic E-state index is 0.0419. The molecule has 2 aromatic carbocycles. The molecule has 0 atom stereocenters. The number of carbonyl (C=O) groups is 1. The maximum Gasteiger partial charge on any atom is 0.249 e. The van der Waals surface area contributed by atoms with Crippen molar-refractivity contribution in [2.45, 2.75) is 31.6 Å². The smallest absolute Gasteiger partial charge is 0.249 e. The topological polar surface area (TPSA) is 29.1 Å². The number of hydrogen-bond donors (Lipinski definition) is 1. The molecule has 0 aromatic heterocycles. The van der Waals surface area contributed by atoms with Gasteiger partial charge in [0.05, 0.1) is 0 Å². The molecule has 2 aromatic rings. The Bertz CT molecular complexity index is 740. The number of amides is 1. The maximum absolute atomic E-state index is 13.0. The summed E-state index contributed by atoms with van der Waals surface area (Å²) in [5.41, 5.74) is 0.512. The lowest BCUT2D eigenvalue weighted by Crippen LogP contribution is -2.55. The first-order chi connectivity index (χ1) is 10.4. The van der Waals surface area contributed by atoms with E-state index < -0.39 is 5.92 Å². The molecular weight excluding hydrogens is 284 g/mol. The van der Waals surface area contributed by atoms with E-state index in [1.165, 1.54) is 0 Å². The maximum atomic E-state index is 13.0. The Morgan fingerprint density at radius 2 is 1.73 bits per heavy atom. The quantitative estimate of drug-likeness (QED) is 0.862. The van der Waals surface area contributed by atoms with Crippen LogP contribution in [0.2, 0.25) is 0 Å². The molecule has 0 saturated heterocycles. The molecule has 2 aliphatic carbocycles. The molecule has 0 unspecified atom stereocenters. The Hall–Kier alpha value is -1.97. The summed E-state index contributed by atoms with van der Waals surface area (Å²) in [7, 11) is 0. The first kappa shape index (κ1) is 13.7. The van der Waals surface area contributed by atoms with Gasteiger partial charge in [0.15, 0.2) is 0 Å². The Morgan fingerprint density at radius 3 is 2.41 bits per heavy atom. The summed E-state index contributed by atoms with van der Waals surface area (Å²) in [5.74, 6) is -2.67. The number of halogens is 2.